The number of aryl methyl sites for hydroxylation is 1. The summed E-state index contributed by atoms with van der Waals surface area (Å²) in [5, 5.41) is 0. The van der Waals surface area contributed by atoms with Crippen LogP contribution in [0.15, 0.2) is 65.4 Å². The van der Waals surface area contributed by atoms with Crippen molar-refractivity contribution in [2.75, 3.05) is 18.6 Å². The summed E-state index contributed by atoms with van der Waals surface area (Å²) in [7, 11) is 1.29. The minimum absolute atomic E-state index is 0.224. The Bertz CT molecular complexity index is 1060. The maximum Gasteiger partial charge on any atom is 0.340 e. The van der Waals surface area contributed by atoms with Crippen LogP contribution in [0.25, 0.3) is 6.08 Å². The molecule has 31 heavy (non-hydrogen) atoms. The molecule has 0 aromatic heterocycles. The van der Waals surface area contributed by atoms with E-state index in [4.69, 9.17) is 9.47 Å². The molecule has 0 saturated heterocycles. The number of esters is 2. The van der Waals surface area contributed by atoms with Crippen LogP contribution in [0.5, 0.6) is 0 Å². The third kappa shape index (κ3) is 4.43. The van der Waals surface area contributed by atoms with Gasteiger partial charge in [0.1, 0.15) is 0 Å². The molecule has 1 amide bonds. The molecule has 160 valence electrons. The van der Waals surface area contributed by atoms with Crippen molar-refractivity contribution in [1.82, 2.24) is 0 Å². The number of anilines is 1. The van der Waals surface area contributed by atoms with Gasteiger partial charge in [0, 0.05) is 11.4 Å². The second kappa shape index (κ2) is 9.43. The molecule has 2 aromatic carbocycles. The highest BCUT2D eigenvalue weighted by Gasteiger charge is 2.37. The lowest BCUT2D eigenvalue weighted by Crippen LogP contribution is -2.24. The van der Waals surface area contributed by atoms with E-state index in [1.807, 2.05) is 24.3 Å². The molecule has 0 bridgehead atoms. The standard InChI is InChI=1S/C25H25NO5/c1-5-17-7-9-18(10-8-17)15-21-22(25(29)30-4)16(3)26(23(21)27)20-13-11-19(12-14-20)24(28)31-6-2/h7-15H,5-6H2,1-4H3. The van der Waals surface area contributed by atoms with Crippen molar-refractivity contribution in [2.24, 2.45) is 0 Å². The lowest BCUT2D eigenvalue weighted by atomic mass is 10.0. The number of hydrogen-bond acceptors (Lipinski definition) is 5. The number of carbonyl (C=O) groups excluding carboxylic acids is 3. The molecule has 0 unspecified atom stereocenters. The molecular weight excluding hydrogens is 394 g/mol. The summed E-state index contributed by atoms with van der Waals surface area (Å²) in [6.45, 7) is 5.79. The summed E-state index contributed by atoms with van der Waals surface area (Å²) in [5.41, 5.74) is 3.89. The van der Waals surface area contributed by atoms with Gasteiger partial charge in [0.05, 0.1) is 30.4 Å². The lowest BCUT2D eigenvalue weighted by molar-refractivity contribution is -0.136. The predicted octanol–water partition coefficient (Wildman–Crippen LogP) is 4.30. The SMILES string of the molecule is CCOC(=O)c1ccc(N2C(=O)C(=Cc3ccc(CC)cc3)C(C(=O)OC)=C2C)cc1. The minimum Gasteiger partial charge on any atom is -0.465 e. The summed E-state index contributed by atoms with van der Waals surface area (Å²) in [4.78, 5) is 39.2. The number of carbonyl (C=O) groups is 3. The molecule has 1 aliphatic heterocycles. The van der Waals surface area contributed by atoms with Gasteiger partial charge in [-0.25, -0.2) is 9.59 Å². The largest absolute Gasteiger partial charge is 0.465 e. The molecule has 2 aromatic rings. The molecule has 0 spiro atoms. The van der Waals surface area contributed by atoms with Crippen LogP contribution in [-0.4, -0.2) is 31.6 Å². The Morgan fingerprint density at radius 3 is 2.16 bits per heavy atom. The third-order valence-corrected chi connectivity index (χ3v) is 5.13. The molecule has 0 radical (unpaired) electrons. The van der Waals surface area contributed by atoms with Gasteiger partial charge in [0.15, 0.2) is 0 Å². The molecule has 0 aliphatic carbocycles. The third-order valence-electron chi connectivity index (χ3n) is 5.13. The second-order valence-electron chi connectivity index (χ2n) is 7.01. The zero-order valence-electron chi connectivity index (χ0n) is 18.1. The lowest BCUT2D eigenvalue weighted by Gasteiger charge is -2.18. The maximum absolute atomic E-state index is 13.3. The number of amides is 1. The smallest absolute Gasteiger partial charge is 0.340 e. The van der Waals surface area contributed by atoms with Gasteiger partial charge < -0.3 is 9.47 Å². The molecule has 0 fully saturated rings. The van der Waals surface area contributed by atoms with Crippen LogP contribution >= 0.6 is 0 Å². The monoisotopic (exact) mass is 419 g/mol. The Balaban J connectivity index is 2.01. The Kier molecular flexibility index (Phi) is 6.70. The van der Waals surface area contributed by atoms with Gasteiger partial charge in [-0.2, -0.15) is 0 Å². The van der Waals surface area contributed by atoms with Crippen LogP contribution in [0.4, 0.5) is 5.69 Å². The number of hydrogen-bond donors (Lipinski definition) is 0. The van der Waals surface area contributed by atoms with Crippen LogP contribution in [0, 0.1) is 0 Å². The number of benzene rings is 2. The van der Waals surface area contributed by atoms with Crippen LogP contribution in [-0.2, 0) is 25.5 Å². The number of nitrogens with zero attached hydrogens (tertiary/aromatic N) is 1. The van der Waals surface area contributed by atoms with Crippen molar-refractivity contribution in [3.8, 4) is 0 Å². The molecule has 1 aliphatic rings. The molecule has 1 heterocycles. The quantitative estimate of drug-likeness (QED) is 0.516. The van der Waals surface area contributed by atoms with Gasteiger partial charge in [0.25, 0.3) is 5.91 Å². The number of rotatable bonds is 6. The van der Waals surface area contributed by atoms with Gasteiger partial charge in [0.2, 0.25) is 0 Å². The highest BCUT2D eigenvalue weighted by Crippen LogP contribution is 2.35. The van der Waals surface area contributed by atoms with Gasteiger partial charge in [-0.1, -0.05) is 31.2 Å². The number of allylic oxidation sites excluding steroid dienone is 1. The summed E-state index contributed by atoms with van der Waals surface area (Å²) in [6.07, 6.45) is 2.61. The minimum atomic E-state index is -0.576. The van der Waals surface area contributed by atoms with Crippen molar-refractivity contribution in [3.05, 3.63) is 82.1 Å². The van der Waals surface area contributed by atoms with Crippen LogP contribution in [0.2, 0.25) is 0 Å². The topological polar surface area (TPSA) is 72.9 Å². The second-order valence-corrected chi connectivity index (χ2v) is 7.01. The van der Waals surface area contributed by atoms with Crippen LogP contribution < -0.4 is 4.90 Å². The fourth-order valence-electron chi connectivity index (χ4n) is 3.47. The average molecular weight is 419 g/mol. The van der Waals surface area contributed by atoms with Gasteiger partial charge >= 0.3 is 11.9 Å². The first kappa shape index (κ1) is 22.0. The molecule has 0 atom stereocenters. The van der Waals surface area contributed by atoms with Crippen LogP contribution in [0.1, 0.15) is 42.3 Å². The zero-order valence-corrected chi connectivity index (χ0v) is 18.1. The Labute approximate surface area is 181 Å². The van der Waals surface area contributed by atoms with Crippen molar-refractivity contribution in [2.45, 2.75) is 27.2 Å². The molecule has 6 nitrogen and oxygen atoms in total. The van der Waals surface area contributed by atoms with E-state index >= 15 is 0 Å². The van der Waals surface area contributed by atoms with Crippen molar-refractivity contribution in [3.63, 3.8) is 0 Å². The van der Waals surface area contributed by atoms with Crippen molar-refractivity contribution >= 4 is 29.6 Å². The zero-order chi connectivity index (χ0) is 22.5. The first-order chi connectivity index (χ1) is 14.9. The van der Waals surface area contributed by atoms with Gasteiger partial charge in [-0.3, -0.25) is 9.69 Å². The molecule has 0 saturated carbocycles. The maximum atomic E-state index is 13.3. The molecule has 3 rings (SSSR count). The molecule has 6 heteroatoms. The van der Waals surface area contributed by atoms with E-state index in [-0.39, 0.29) is 23.7 Å². The fraction of sp³-hybridized carbons (Fsp3) is 0.240. The highest BCUT2D eigenvalue weighted by atomic mass is 16.5. The normalized spacial score (nSPS) is 14.9. The summed E-state index contributed by atoms with van der Waals surface area (Å²) < 4.78 is 9.94. The fourth-order valence-corrected chi connectivity index (χ4v) is 3.47. The average Bonchev–Trinajstić information content (AvgIpc) is 3.03. The number of ether oxygens (including phenoxy) is 2. The van der Waals surface area contributed by atoms with E-state index in [1.165, 1.54) is 17.6 Å². The van der Waals surface area contributed by atoms with Crippen molar-refractivity contribution in [1.29, 1.82) is 0 Å². The summed E-state index contributed by atoms with van der Waals surface area (Å²) in [5.74, 6) is -1.34. The predicted molar refractivity (Wildman–Crippen MR) is 118 cm³/mol. The van der Waals surface area contributed by atoms with E-state index in [2.05, 4.69) is 6.92 Å². The van der Waals surface area contributed by atoms with Crippen LogP contribution in [0.3, 0.4) is 0 Å². The Morgan fingerprint density at radius 2 is 1.61 bits per heavy atom. The molecular formula is C25H25NO5. The van der Waals surface area contributed by atoms with Gasteiger partial charge in [-0.15, -0.1) is 0 Å². The van der Waals surface area contributed by atoms with E-state index in [0.29, 0.717) is 16.9 Å². The highest BCUT2D eigenvalue weighted by molar-refractivity contribution is 6.23. The van der Waals surface area contributed by atoms with Crippen molar-refractivity contribution < 1.29 is 23.9 Å². The first-order valence-corrected chi connectivity index (χ1v) is 10.1. The first-order valence-electron chi connectivity index (χ1n) is 10.1. The summed E-state index contributed by atoms with van der Waals surface area (Å²) >= 11 is 0. The molecule has 0 N–H and O–H groups in total. The van der Waals surface area contributed by atoms with E-state index in [0.717, 1.165) is 12.0 Å². The Hall–Kier alpha value is -3.67. The van der Waals surface area contributed by atoms with E-state index < -0.39 is 11.9 Å². The van der Waals surface area contributed by atoms with E-state index in [9.17, 15) is 14.4 Å². The van der Waals surface area contributed by atoms with Gasteiger partial charge in [-0.05, 0) is 61.7 Å². The Morgan fingerprint density at radius 1 is 0.968 bits per heavy atom. The van der Waals surface area contributed by atoms with E-state index in [1.54, 1.807) is 44.2 Å². The number of methoxy groups -OCH3 is 1. The summed E-state index contributed by atoms with van der Waals surface area (Å²) in [6, 6.07) is 14.3.